The van der Waals surface area contributed by atoms with Crippen LogP contribution in [-0.2, 0) is 29.2 Å². The van der Waals surface area contributed by atoms with Crippen molar-refractivity contribution in [1.29, 1.82) is 0 Å². The Hall–Kier alpha value is -3.04. The van der Waals surface area contributed by atoms with E-state index in [1.165, 1.54) is 0 Å². The van der Waals surface area contributed by atoms with Gasteiger partial charge in [0.1, 0.15) is 0 Å². The van der Waals surface area contributed by atoms with Gasteiger partial charge in [0.15, 0.2) is 0 Å². The maximum Gasteiger partial charge on any atom is 0.241 e. The summed E-state index contributed by atoms with van der Waals surface area (Å²) in [6, 6.07) is 12.1. The number of carbonyl (C=O) groups is 2. The number of nitrogens with one attached hydrogen (secondary N) is 1. The van der Waals surface area contributed by atoms with E-state index in [-0.39, 0.29) is 17.7 Å². The van der Waals surface area contributed by atoms with E-state index >= 15 is 0 Å². The summed E-state index contributed by atoms with van der Waals surface area (Å²) in [6.07, 6.45) is 3.43. The second-order valence-electron chi connectivity index (χ2n) is 9.02. The molecule has 2 aromatic heterocycles. The Bertz CT molecular complexity index is 1130. The zero-order valence-electron chi connectivity index (χ0n) is 19.1. The van der Waals surface area contributed by atoms with Crippen LogP contribution in [0.1, 0.15) is 42.7 Å². The van der Waals surface area contributed by atoms with E-state index in [1.54, 1.807) is 11.3 Å². The Kier molecular flexibility index (Phi) is 7.01. The molecule has 0 saturated carbocycles. The van der Waals surface area contributed by atoms with Gasteiger partial charge in [0, 0.05) is 32.6 Å². The van der Waals surface area contributed by atoms with Gasteiger partial charge in [-0.05, 0) is 48.4 Å². The minimum Gasteiger partial charge on any atom is -0.352 e. The lowest BCUT2D eigenvalue weighted by Crippen LogP contribution is -2.42. The Labute approximate surface area is 202 Å². The molecule has 0 aliphatic carbocycles. The Balaban J connectivity index is 1.12. The fraction of sp³-hybridized carbons (Fsp3) is 0.440. The number of aromatic nitrogens is 2. The van der Waals surface area contributed by atoms with Gasteiger partial charge >= 0.3 is 0 Å². The van der Waals surface area contributed by atoms with E-state index in [0.29, 0.717) is 44.3 Å². The fourth-order valence-corrected chi connectivity index (χ4v) is 5.34. The predicted molar refractivity (Wildman–Crippen MR) is 129 cm³/mol. The molecular formula is C25H29N5O3S. The highest BCUT2D eigenvalue weighted by molar-refractivity contribution is 7.13. The van der Waals surface area contributed by atoms with Crippen LogP contribution in [0.15, 0.2) is 46.3 Å². The number of likely N-dealkylation sites (tertiary alicyclic amines) is 2. The summed E-state index contributed by atoms with van der Waals surface area (Å²) in [7, 11) is 0. The second kappa shape index (κ2) is 10.5. The molecule has 2 saturated heterocycles. The van der Waals surface area contributed by atoms with Crippen LogP contribution in [0.5, 0.6) is 0 Å². The number of carbonyl (C=O) groups excluding carboxylic acids is 2. The number of amides is 2. The molecule has 2 amide bonds. The molecule has 0 bridgehead atoms. The number of piperidine rings is 1. The van der Waals surface area contributed by atoms with Crippen molar-refractivity contribution in [3.63, 3.8) is 0 Å². The van der Waals surface area contributed by atoms with Crippen molar-refractivity contribution in [3.8, 4) is 10.7 Å². The molecule has 5 rings (SSSR count). The first-order chi connectivity index (χ1) is 16.6. The third-order valence-corrected chi connectivity index (χ3v) is 7.31. The van der Waals surface area contributed by atoms with E-state index < -0.39 is 0 Å². The molecule has 9 heteroatoms. The number of rotatable bonds is 8. The summed E-state index contributed by atoms with van der Waals surface area (Å²) in [4.78, 5) is 34.4. The SMILES string of the molecule is O=C(NCc1cccc(CN2CCCC2=O)c1)C1CCCN(Cc2nc(-c3cccs3)no2)C1. The molecule has 2 aliphatic heterocycles. The normalized spacial score (nSPS) is 19.0. The fourth-order valence-electron chi connectivity index (χ4n) is 4.69. The molecule has 0 spiro atoms. The van der Waals surface area contributed by atoms with Crippen molar-refractivity contribution in [2.24, 2.45) is 5.92 Å². The summed E-state index contributed by atoms with van der Waals surface area (Å²) in [5.74, 6) is 1.45. The van der Waals surface area contributed by atoms with Crippen LogP contribution in [0.2, 0.25) is 0 Å². The van der Waals surface area contributed by atoms with E-state index in [9.17, 15) is 9.59 Å². The van der Waals surface area contributed by atoms with Gasteiger partial charge in [-0.1, -0.05) is 35.5 Å². The first-order valence-corrected chi connectivity index (χ1v) is 12.7. The monoisotopic (exact) mass is 479 g/mol. The van der Waals surface area contributed by atoms with Gasteiger partial charge < -0.3 is 14.7 Å². The Morgan fingerprint density at radius 2 is 2.06 bits per heavy atom. The predicted octanol–water partition coefficient (Wildman–Crippen LogP) is 3.45. The lowest BCUT2D eigenvalue weighted by atomic mass is 9.97. The van der Waals surface area contributed by atoms with E-state index in [1.807, 2.05) is 40.6 Å². The zero-order valence-corrected chi connectivity index (χ0v) is 19.9. The largest absolute Gasteiger partial charge is 0.352 e. The molecule has 1 N–H and O–H groups in total. The van der Waals surface area contributed by atoms with Gasteiger partial charge in [-0.25, -0.2) is 0 Å². The number of thiophene rings is 1. The van der Waals surface area contributed by atoms with Gasteiger partial charge in [0.05, 0.1) is 17.3 Å². The molecule has 1 unspecified atom stereocenters. The van der Waals surface area contributed by atoms with Gasteiger partial charge in [0.2, 0.25) is 23.5 Å². The first kappa shape index (κ1) is 22.7. The standard InChI is InChI=1S/C25H29N5O3S/c31-23-9-3-11-30(23)15-19-6-1-5-18(13-19)14-26-25(32)20-7-2-10-29(16-20)17-22-27-24(28-33-22)21-8-4-12-34-21/h1,4-6,8,12-13,20H,2-3,7,9-11,14-17H2,(H,26,32). The maximum atomic E-state index is 12.9. The van der Waals surface area contributed by atoms with Crippen LogP contribution in [-0.4, -0.2) is 51.4 Å². The molecule has 0 radical (unpaired) electrons. The van der Waals surface area contributed by atoms with E-state index in [4.69, 9.17) is 4.52 Å². The molecule has 1 atom stereocenters. The summed E-state index contributed by atoms with van der Waals surface area (Å²) in [5, 5.41) is 9.18. The maximum absolute atomic E-state index is 12.9. The quantitative estimate of drug-likeness (QED) is 0.532. The molecule has 34 heavy (non-hydrogen) atoms. The summed E-state index contributed by atoms with van der Waals surface area (Å²) in [6.45, 7) is 4.11. The average molecular weight is 480 g/mol. The van der Waals surface area contributed by atoms with Gasteiger partial charge in [-0.15, -0.1) is 11.3 Å². The van der Waals surface area contributed by atoms with Crippen molar-refractivity contribution in [2.75, 3.05) is 19.6 Å². The number of hydrogen-bond acceptors (Lipinski definition) is 7. The topological polar surface area (TPSA) is 91.6 Å². The van der Waals surface area contributed by atoms with Gasteiger partial charge in [0.25, 0.3) is 0 Å². The van der Waals surface area contributed by atoms with Crippen molar-refractivity contribution in [3.05, 3.63) is 58.8 Å². The molecule has 2 aliphatic rings. The summed E-state index contributed by atoms with van der Waals surface area (Å²) >= 11 is 1.58. The van der Waals surface area contributed by atoms with Crippen LogP contribution in [0.25, 0.3) is 10.7 Å². The third kappa shape index (κ3) is 5.53. The number of nitrogens with zero attached hydrogens (tertiary/aromatic N) is 4. The Morgan fingerprint density at radius 1 is 1.15 bits per heavy atom. The molecule has 8 nitrogen and oxygen atoms in total. The highest BCUT2D eigenvalue weighted by atomic mass is 32.1. The lowest BCUT2D eigenvalue weighted by molar-refractivity contribution is -0.128. The van der Waals surface area contributed by atoms with Crippen molar-refractivity contribution >= 4 is 23.2 Å². The van der Waals surface area contributed by atoms with E-state index in [2.05, 4.69) is 26.4 Å². The van der Waals surface area contributed by atoms with Crippen LogP contribution >= 0.6 is 11.3 Å². The van der Waals surface area contributed by atoms with E-state index in [0.717, 1.165) is 48.4 Å². The van der Waals surface area contributed by atoms with Crippen molar-refractivity contribution < 1.29 is 14.1 Å². The van der Waals surface area contributed by atoms with Crippen LogP contribution in [0, 0.1) is 5.92 Å². The third-order valence-electron chi connectivity index (χ3n) is 6.45. The minimum atomic E-state index is -0.0566. The average Bonchev–Trinajstić information content (AvgIpc) is 3.61. The minimum absolute atomic E-state index is 0.0566. The highest BCUT2D eigenvalue weighted by Crippen LogP contribution is 2.23. The zero-order chi connectivity index (χ0) is 23.3. The molecule has 3 aromatic rings. The van der Waals surface area contributed by atoms with Crippen molar-refractivity contribution in [1.82, 2.24) is 25.3 Å². The number of benzene rings is 1. The molecule has 178 valence electrons. The molecule has 2 fully saturated rings. The van der Waals surface area contributed by atoms with Crippen LogP contribution in [0.4, 0.5) is 0 Å². The number of hydrogen-bond donors (Lipinski definition) is 1. The van der Waals surface area contributed by atoms with Crippen LogP contribution < -0.4 is 5.32 Å². The molecule has 1 aromatic carbocycles. The lowest BCUT2D eigenvalue weighted by Gasteiger charge is -2.30. The summed E-state index contributed by atoms with van der Waals surface area (Å²) in [5.41, 5.74) is 2.16. The van der Waals surface area contributed by atoms with Gasteiger partial charge in [-0.3, -0.25) is 14.5 Å². The second-order valence-corrected chi connectivity index (χ2v) is 9.97. The Morgan fingerprint density at radius 3 is 2.88 bits per heavy atom. The molecular weight excluding hydrogens is 450 g/mol. The first-order valence-electron chi connectivity index (χ1n) is 11.9. The smallest absolute Gasteiger partial charge is 0.241 e. The van der Waals surface area contributed by atoms with Gasteiger partial charge in [-0.2, -0.15) is 4.98 Å². The van der Waals surface area contributed by atoms with Crippen LogP contribution in [0.3, 0.4) is 0 Å². The highest BCUT2D eigenvalue weighted by Gasteiger charge is 2.27. The summed E-state index contributed by atoms with van der Waals surface area (Å²) < 4.78 is 5.44. The van der Waals surface area contributed by atoms with Crippen molar-refractivity contribution in [2.45, 2.75) is 45.3 Å². The molecule has 4 heterocycles.